The van der Waals surface area contributed by atoms with Gasteiger partial charge in [0.15, 0.2) is 0 Å². The summed E-state index contributed by atoms with van der Waals surface area (Å²) >= 11 is 0. The molecule has 0 atom stereocenters. The van der Waals surface area contributed by atoms with Crippen LogP contribution in [-0.4, -0.2) is 38.4 Å². The highest BCUT2D eigenvalue weighted by molar-refractivity contribution is 5.81. The first kappa shape index (κ1) is 21.3. The molecule has 6 heteroatoms. The van der Waals surface area contributed by atoms with E-state index in [4.69, 9.17) is 18.9 Å². The van der Waals surface area contributed by atoms with Crippen LogP contribution in [0.4, 0.5) is 0 Å². The second-order valence-corrected chi connectivity index (χ2v) is 5.33. The van der Waals surface area contributed by atoms with Gasteiger partial charge in [0.05, 0.1) is 26.4 Å². The number of ether oxygens (including phenoxy) is 4. The normalized spacial score (nSPS) is 9.85. The highest BCUT2D eigenvalue weighted by atomic mass is 16.5. The lowest BCUT2D eigenvalue weighted by molar-refractivity contribution is -0.138. The maximum atomic E-state index is 10.9. The maximum absolute atomic E-state index is 10.9. The molecular weight excluding hydrogens is 336 g/mol. The summed E-state index contributed by atoms with van der Waals surface area (Å²) in [6.07, 6.45) is 5.31. The Morgan fingerprint density at radius 1 is 0.769 bits per heavy atom. The van der Waals surface area contributed by atoms with E-state index in [-0.39, 0.29) is 0 Å². The fourth-order valence-electron chi connectivity index (χ4n) is 1.91. The lowest BCUT2D eigenvalue weighted by Gasteiger charge is -2.10. The number of benzene rings is 1. The molecule has 0 N–H and O–H groups in total. The molecule has 26 heavy (non-hydrogen) atoms. The van der Waals surface area contributed by atoms with Gasteiger partial charge in [-0.05, 0) is 37.8 Å². The van der Waals surface area contributed by atoms with E-state index < -0.39 is 11.9 Å². The van der Waals surface area contributed by atoms with Crippen molar-refractivity contribution in [2.75, 3.05) is 26.4 Å². The van der Waals surface area contributed by atoms with Crippen molar-refractivity contribution in [2.24, 2.45) is 0 Å². The maximum Gasteiger partial charge on any atom is 0.330 e. The molecule has 0 bridgehead atoms. The third-order valence-corrected chi connectivity index (χ3v) is 3.24. The van der Waals surface area contributed by atoms with E-state index in [0.717, 1.165) is 49.3 Å². The van der Waals surface area contributed by atoms with Crippen molar-refractivity contribution in [3.05, 3.63) is 49.6 Å². The van der Waals surface area contributed by atoms with Gasteiger partial charge in [0.25, 0.3) is 0 Å². The zero-order valence-electron chi connectivity index (χ0n) is 15.0. The van der Waals surface area contributed by atoms with Crippen LogP contribution in [0.25, 0.3) is 0 Å². The Hall–Kier alpha value is -2.76. The number of unbranched alkanes of at least 4 members (excludes halogenated alkanes) is 2. The van der Waals surface area contributed by atoms with Crippen LogP contribution in [0.5, 0.6) is 11.5 Å². The number of esters is 2. The van der Waals surface area contributed by atoms with Crippen molar-refractivity contribution >= 4 is 11.9 Å². The average Bonchev–Trinajstić information content (AvgIpc) is 2.67. The molecule has 0 aliphatic rings. The number of carbonyl (C=O) groups excluding carboxylic acids is 2. The fraction of sp³-hybridized carbons (Fsp3) is 0.400. The molecule has 0 saturated carbocycles. The van der Waals surface area contributed by atoms with Gasteiger partial charge < -0.3 is 18.9 Å². The van der Waals surface area contributed by atoms with Gasteiger partial charge in [-0.25, -0.2) is 9.59 Å². The van der Waals surface area contributed by atoms with Crippen molar-refractivity contribution in [1.29, 1.82) is 0 Å². The highest BCUT2D eigenvalue weighted by Crippen LogP contribution is 2.20. The SMILES string of the molecule is C=CC(=O)OCCCCOc1cccc(OCCCCOC(=O)C=C)c1. The molecule has 0 amide bonds. The monoisotopic (exact) mass is 362 g/mol. The standard InChI is InChI=1S/C20H26O6/c1-3-19(21)25-14-7-5-12-23-17-10-9-11-18(16-17)24-13-6-8-15-26-20(22)4-2/h3-4,9-11,16H,1-2,5-8,12-15H2. The molecule has 0 fully saturated rings. The Bertz CT molecular complexity index is 534. The van der Waals surface area contributed by atoms with E-state index in [1.54, 1.807) is 0 Å². The summed E-state index contributed by atoms with van der Waals surface area (Å²) in [6, 6.07) is 7.41. The van der Waals surface area contributed by atoms with Crippen LogP contribution in [0.15, 0.2) is 49.6 Å². The molecule has 1 aromatic carbocycles. The van der Waals surface area contributed by atoms with Crippen molar-refractivity contribution in [3.8, 4) is 11.5 Å². The topological polar surface area (TPSA) is 71.1 Å². The molecule has 0 aliphatic carbocycles. The van der Waals surface area contributed by atoms with Crippen LogP contribution >= 0.6 is 0 Å². The van der Waals surface area contributed by atoms with Gasteiger partial charge in [0.1, 0.15) is 11.5 Å². The van der Waals surface area contributed by atoms with E-state index in [9.17, 15) is 9.59 Å². The molecule has 0 saturated heterocycles. The fourth-order valence-corrected chi connectivity index (χ4v) is 1.91. The molecule has 0 aromatic heterocycles. The minimum atomic E-state index is -0.408. The van der Waals surface area contributed by atoms with Gasteiger partial charge in [-0.2, -0.15) is 0 Å². The number of hydrogen-bond donors (Lipinski definition) is 0. The molecule has 1 aromatic rings. The summed E-state index contributed by atoms with van der Waals surface area (Å²) in [6.45, 7) is 8.46. The first-order valence-electron chi connectivity index (χ1n) is 8.59. The summed E-state index contributed by atoms with van der Waals surface area (Å²) in [5.74, 6) is 0.639. The Kier molecular flexibility index (Phi) is 11.1. The molecule has 0 radical (unpaired) electrons. The van der Waals surface area contributed by atoms with Crippen LogP contribution in [0.3, 0.4) is 0 Å². The summed E-state index contributed by atoms with van der Waals surface area (Å²) in [4.78, 5) is 21.8. The minimum absolute atomic E-state index is 0.361. The van der Waals surface area contributed by atoms with E-state index >= 15 is 0 Å². The van der Waals surface area contributed by atoms with Gasteiger partial charge in [0, 0.05) is 18.2 Å². The van der Waals surface area contributed by atoms with Crippen LogP contribution in [0.2, 0.25) is 0 Å². The van der Waals surface area contributed by atoms with Gasteiger partial charge in [-0.15, -0.1) is 0 Å². The first-order chi connectivity index (χ1) is 12.7. The third-order valence-electron chi connectivity index (χ3n) is 3.24. The van der Waals surface area contributed by atoms with Gasteiger partial charge in [0.2, 0.25) is 0 Å². The lowest BCUT2D eigenvalue weighted by atomic mass is 10.3. The van der Waals surface area contributed by atoms with Crippen molar-refractivity contribution in [1.82, 2.24) is 0 Å². The smallest absolute Gasteiger partial charge is 0.330 e. The largest absolute Gasteiger partial charge is 0.493 e. The summed E-state index contributed by atoms with van der Waals surface area (Å²) in [5, 5.41) is 0. The van der Waals surface area contributed by atoms with E-state index in [0.29, 0.717) is 26.4 Å². The van der Waals surface area contributed by atoms with Gasteiger partial charge in [-0.3, -0.25) is 0 Å². The molecule has 1 rings (SSSR count). The predicted molar refractivity (Wildman–Crippen MR) is 98.2 cm³/mol. The van der Waals surface area contributed by atoms with Crippen LogP contribution in [-0.2, 0) is 19.1 Å². The van der Waals surface area contributed by atoms with E-state index in [1.807, 2.05) is 24.3 Å². The first-order valence-corrected chi connectivity index (χ1v) is 8.59. The van der Waals surface area contributed by atoms with Gasteiger partial charge in [-0.1, -0.05) is 19.2 Å². The van der Waals surface area contributed by atoms with Crippen molar-refractivity contribution in [3.63, 3.8) is 0 Å². The lowest BCUT2D eigenvalue weighted by Crippen LogP contribution is -2.05. The van der Waals surface area contributed by atoms with E-state index in [1.165, 1.54) is 0 Å². The van der Waals surface area contributed by atoms with Crippen LogP contribution in [0.1, 0.15) is 25.7 Å². The third kappa shape index (κ3) is 10.2. The van der Waals surface area contributed by atoms with Crippen LogP contribution in [0, 0.1) is 0 Å². The van der Waals surface area contributed by atoms with E-state index in [2.05, 4.69) is 13.2 Å². The minimum Gasteiger partial charge on any atom is -0.493 e. The van der Waals surface area contributed by atoms with Crippen LogP contribution < -0.4 is 9.47 Å². The Morgan fingerprint density at radius 2 is 1.19 bits per heavy atom. The Morgan fingerprint density at radius 3 is 1.62 bits per heavy atom. The summed E-state index contributed by atoms with van der Waals surface area (Å²) in [5.41, 5.74) is 0. The molecular formula is C20H26O6. The number of rotatable bonds is 14. The average molecular weight is 362 g/mol. The quantitative estimate of drug-likeness (QED) is 0.287. The second kappa shape index (κ2) is 13.5. The van der Waals surface area contributed by atoms with Crippen molar-refractivity contribution in [2.45, 2.75) is 25.7 Å². The Labute approximate surface area is 154 Å². The molecule has 0 unspecified atom stereocenters. The van der Waals surface area contributed by atoms with Gasteiger partial charge >= 0.3 is 11.9 Å². The molecule has 6 nitrogen and oxygen atoms in total. The predicted octanol–water partition coefficient (Wildman–Crippen LogP) is 3.46. The summed E-state index contributed by atoms with van der Waals surface area (Å²) in [7, 11) is 0. The summed E-state index contributed by atoms with van der Waals surface area (Å²) < 4.78 is 21.1. The zero-order chi connectivity index (χ0) is 19.0. The number of hydrogen-bond acceptors (Lipinski definition) is 6. The van der Waals surface area contributed by atoms with Crippen molar-refractivity contribution < 1.29 is 28.5 Å². The highest BCUT2D eigenvalue weighted by Gasteiger charge is 2.00. The molecule has 0 aliphatic heterocycles. The molecule has 0 spiro atoms. The number of carbonyl (C=O) groups is 2. The second-order valence-electron chi connectivity index (χ2n) is 5.33. The Balaban J connectivity index is 2.14. The molecule has 0 heterocycles. The molecule has 142 valence electrons. The zero-order valence-corrected chi connectivity index (χ0v) is 15.0.